The lowest BCUT2D eigenvalue weighted by Crippen LogP contribution is -1.82. The first-order valence-electron chi connectivity index (χ1n) is 3.18. The van der Waals surface area contributed by atoms with Crippen LogP contribution in [0, 0.1) is 13.8 Å². The third-order valence-electron chi connectivity index (χ3n) is 1.25. The van der Waals surface area contributed by atoms with Crippen molar-refractivity contribution in [3.8, 4) is 0 Å². The quantitative estimate of drug-likeness (QED) is 0.451. The third-order valence-corrected chi connectivity index (χ3v) is 1.56. The van der Waals surface area contributed by atoms with Crippen molar-refractivity contribution in [3.63, 3.8) is 0 Å². The average Bonchev–Trinajstić information content (AvgIpc) is 1.85. The molecule has 0 N–H and O–H groups in total. The minimum Gasteiger partial charge on any atom is -0.218 e. The Morgan fingerprint density at radius 1 is 1.30 bits per heavy atom. The summed E-state index contributed by atoms with van der Waals surface area (Å²) in [6, 6.07) is 3.89. The Labute approximate surface area is 65.6 Å². The molecule has 1 aromatic heterocycles. The molecule has 0 aliphatic heterocycles. The molecule has 0 fully saturated rings. The van der Waals surface area contributed by atoms with Crippen LogP contribution in [0.2, 0.25) is 0 Å². The number of hydrogen-bond donors (Lipinski definition) is 0. The minimum atomic E-state index is 0.554. The monoisotopic (exact) mass is 157 g/mol. The molecule has 0 saturated heterocycles. The number of hydrogen-bond acceptors (Lipinski definition) is 0. The van der Waals surface area contributed by atoms with E-state index in [1.807, 2.05) is 26.0 Å². The van der Waals surface area contributed by atoms with Gasteiger partial charge in [0, 0.05) is 18.0 Å². The van der Waals surface area contributed by atoms with E-state index in [0.717, 1.165) is 17.1 Å². The maximum Gasteiger partial charge on any atom is 0.326 e. The summed E-state index contributed by atoms with van der Waals surface area (Å²) in [5.41, 5.74) is 1.11. The highest BCUT2D eigenvalue weighted by atomic mass is 35.5. The molecule has 0 aliphatic rings. The molecular formula is C8H10ClO+. The standard InChI is InChI=1S/C8H10ClO/c1-6-3-8(5-9)4-7(2)10-6/h3-4H,5H2,1-2H3/q+1. The summed E-state index contributed by atoms with van der Waals surface area (Å²) < 4.78 is 5.26. The molecule has 0 atom stereocenters. The number of halogens is 1. The predicted molar refractivity (Wildman–Crippen MR) is 42.1 cm³/mol. The van der Waals surface area contributed by atoms with E-state index in [-0.39, 0.29) is 0 Å². The van der Waals surface area contributed by atoms with Gasteiger partial charge in [0.05, 0.1) is 13.8 Å². The molecule has 0 aromatic carbocycles. The Kier molecular flexibility index (Phi) is 2.28. The van der Waals surface area contributed by atoms with Gasteiger partial charge < -0.3 is 0 Å². The molecule has 0 spiro atoms. The van der Waals surface area contributed by atoms with Crippen molar-refractivity contribution in [2.75, 3.05) is 0 Å². The topological polar surface area (TPSA) is 11.3 Å². The molecule has 0 saturated carbocycles. The van der Waals surface area contributed by atoms with Crippen LogP contribution in [-0.4, -0.2) is 0 Å². The summed E-state index contributed by atoms with van der Waals surface area (Å²) in [4.78, 5) is 0. The van der Waals surface area contributed by atoms with E-state index in [0.29, 0.717) is 5.88 Å². The number of alkyl halides is 1. The van der Waals surface area contributed by atoms with Gasteiger partial charge in [-0.25, -0.2) is 4.42 Å². The van der Waals surface area contributed by atoms with Crippen LogP contribution in [0.5, 0.6) is 0 Å². The van der Waals surface area contributed by atoms with Crippen LogP contribution < -0.4 is 0 Å². The Morgan fingerprint density at radius 2 is 1.80 bits per heavy atom. The van der Waals surface area contributed by atoms with Gasteiger partial charge in [-0.15, -0.1) is 11.6 Å². The molecule has 0 bridgehead atoms. The van der Waals surface area contributed by atoms with Crippen LogP contribution in [0.15, 0.2) is 16.5 Å². The fourth-order valence-corrected chi connectivity index (χ4v) is 1.11. The fourth-order valence-electron chi connectivity index (χ4n) is 0.954. The van der Waals surface area contributed by atoms with Gasteiger partial charge >= 0.3 is 11.5 Å². The van der Waals surface area contributed by atoms with Crippen molar-refractivity contribution in [2.24, 2.45) is 0 Å². The largest absolute Gasteiger partial charge is 0.326 e. The number of rotatable bonds is 1. The molecule has 0 aliphatic carbocycles. The van der Waals surface area contributed by atoms with Gasteiger partial charge in [0.1, 0.15) is 0 Å². The fraction of sp³-hybridized carbons (Fsp3) is 0.375. The summed E-state index contributed by atoms with van der Waals surface area (Å²) in [6.07, 6.45) is 0. The number of aryl methyl sites for hydroxylation is 2. The van der Waals surface area contributed by atoms with Crippen molar-refractivity contribution >= 4 is 11.6 Å². The molecule has 1 nitrogen and oxygen atoms in total. The Bertz CT molecular complexity index is 212. The Hall–Kier alpha value is -0.560. The van der Waals surface area contributed by atoms with Crippen LogP contribution in [0.25, 0.3) is 0 Å². The summed E-state index contributed by atoms with van der Waals surface area (Å²) >= 11 is 5.63. The van der Waals surface area contributed by atoms with Gasteiger partial charge in [0.25, 0.3) is 0 Å². The normalized spacial score (nSPS) is 9.90. The minimum absolute atomic E-state index is 0.554. The van der Waals surface area contributed by atoms with Gasteiger partial charge in [0.2, 0.25) is 0 Å². The molecule has 1 aromatic rings. The van der Waals surface area contributed by atoms with Crippen molar-refractivity contribution in [3.05, 3.63) is 29.2 Å². The van der Waals surface area contributed by atoms with E-state index in [1.165, 1.54) is 0 Å². The molecule has 0 amide bonds. The SMILES string of the molecule is Cc1cc(CCl)cc(C)[o+]1. The van der Waals surface area contributed by atoms with Crippen molar-refractivity contribution in [1.29, 1.82) is 0 Å². The zero-order valence-electron chi connectivity index (χ0n) is 6.15. The first-order valence-corrected chi connectivity index (χ1v) is 3.72. The highest BCUT2D eigenvalue weighted by Gasteiger charge is 2.05. The smallest absolute Gasteiger partial charge is 0.218 e. The van der Waals surface area contributed by atoms with E-state index < -0.39 is 0 Å². The summed E-state index contributed by atoms with van der Waals surface area (Å²) in [5, 5.41) is 0. The average molecular weight is 158 g/mol. The van der Waals surface area contributed by atoms with E-state index >= 15 is 0 Å². The third kappa shape index (κ3) is 1.71. The lowest BCUT2D eigenvalue weighted by atomic mass is 10.2. The second-order valence-corrected chi connectivity index (χ2v) is 2.59. The predicted octanol–water partition coefficient (Wildman–Crippen LogP) is 2.92. The molecule has 0 unspecified atom stereocenters. The summed E-state index contributed by atoms with van der Waals surface area (Å²) in [6.45, 7) is 3.84. The van der Waals surface area contributed by atoms with Crippen LogP contribution in [0.3, 0.4) is 0 Å². The second-order valence-electron chi connectivity index (χ2n) is 2.32. The molecule has 2 heteroatoms. The second kappa shape index (κ2) is 3.02. The van der Waals surface area contributed by atoms with Gasteiger partial charge in [-0.1, -0.05) is 0 Å². The molecular weight excluding hydrogens is 148 g/mol. The van der Waals surface area contributed by atoms with Crippen molar-refractivity contribution < 1.29 is 4.42 Å². The Balaban J connectivity index is 3.06. The molecule has 0 radical (unpaired) electrons. The van der Waals surface area contributed by atoms with Gasteiger partial charge in [0.15, 0.2) is 0 Å². The molecule has 54 valence electrons. The Morgan fingerprint density at radius 3 is 2.20 bits per heavy atom. The molecule has 1 heterocycles. The molecule has 10 heavy (non-hydrogen) atoms. The van der Waals surface area contributed by atoms with Crippen molar-refractivity contribution in [1.82, 2.24) is 0 Å². The van der Waals surface area contributed by atoms with Crippen LogP contribution in [0.1, 0.15) is 17.1 Å². The highest BCUT2D eigenvalue weighted by molar-refractivity contribution is 6.17. The summed E-state index contributed by atoms with van der Waals surface area (Å²) in [5.74, 6) is 2.38. The van der Waals surface area contributed by atoms with Gasteiger partial charge in [-0.3, -0.25) is 0 Å². The van der Waals surface area contributed by atoms with E-state index in [9.17, 15) is 0 Å². The van der Waals surface area contributed by atoms with Crippen LogP contribution in [0.4, 0.5) is 0 Å². The maximum atomic E-state index is 5.63. The van der Waals surface area contributed by atoms with E-state index in [1.54, 1.807) is 0 Å². The first kappa shape index (κ1) is 7.55. The maximum absolute atomic E-state index is 5.63. The van der Waals surface area contributed by atoms with Gasteiger partial charge in [-0.2, -0.15) is 0 Å². The lowest BCUT2D eigenvalue weighted by molar-refractivity contribution is 0.484. The summed E-state index contributed by atoms with van der Waals surface area (Å²) in [7, 11) is 0. The van der Waals surface area contributed by atoms with Gasteiger partial charge in [-0.05, 0) is 5.56 Å². The first-order chi connectivity index (χ1) is 4.72. The molecule has 1 rings (SSSR count). The van der Waals surface area contributed by atoms with Crippen LogP contribution >= 0.6 is 11.6 Å². The zero-order valence-corrected chi connectivity index (χ0v) is 6.90. The van der Waals surface area contributed by atoms with Crippen molar-refractivity contribution in [2.45, 2.75) is 19.7 Å². The van der Waals surface area contributed by atoms with E-state index in [4.69, 9.17) is 16.0 Å². The zero-order chi connectivity index (χ0) is 7.56. The highest BCUT2D eigenvalue weighted by Crippen LogP contribution is 2.10. The van der Waals surface area contributed by atoms with E-state index in [2.05, 4.69) is 0 Å². The lowest BCUT2D eigenvalue weighted by Gasteiger charge is -1.88. The van der Waals surface area contributed by atoms with Crippen LogP contribution in [-0.2, 0) is 5.88 Å².